The van der Waals surface area contributed by atoms with E-state index in [4.69, 9.17) is 5.11 Å². The minimum atomic E-state index is -1.03. The van der Waals surface area contributed by atoms with Gasteiger partial charge in [-0.25, -0.2) is 9.97 Å². The number of carboxylic acids is 1. The number of fused-ring (bicyclic) bond motifs is 1. The van der Waals surface area contributed by atoms with Crippen molar-refractivity contribution in [2.24, 2.45) is 0 Å². The summed E-state index contributed by atoms with van der Waals surface area (Å²) < 4.78 is 0. The number of hydrogen-bond donors (Lipinski definition) is 3. The number of hydrogen-bond acceptors (Lipinski definition) is 5. The van der Waals surface area contributed by atoms with Crippen LogP contribution in [0, 0.1) is 0 Å². The molecule has 0 bridgehead atoms. The van der Waals surface area contributed by atoms with Crippen molar-refractivity contribution in [3.63, 3.8) is 0 Å². The molecule has 0 saturated carbocycles. The molecule has 3 N–H and O–H groups in total. The third kappa shape index (κ3) is 3.15. The molecule has 116 valence electrons. The zero-order valence-electron chi connectivity index (χ0n) is 11.9. The summed E-state index contributed by atoms with van der Waals surface area (Å²) in [6, 6.07) is 6.07. The van der Waals surface area contributed by atoms with E-state index in [0.717, 1.165) is 0 Å². The van der Waals surface area contributed by atoms with Gasteiger partial charge in [0.2, 0.25) is 0 Å². The van der Waals surface area contributed by atoms with Gasteiger partial charge in [0.1, 0.15) is 17.7 Å². The van der Waals surface area contributed by atoms with Gasteiger partial charge >= 0.3 is 5.97 Å². The highest BCUT2D eigenvalue weighted by molar-refractivity contribution is 6.03. The average Bonchev–Trinajstić information content (AvgIpc) is 3.03. The number of carboxylic acid groups (broad SMARTS) is 1. The molecule has 0 radical (unpaired) electrons. The smallest absolute Gasteiger partial charge is 0.305 e. The topological polar surface area (TPSA) is 121 Å². The Morgan fingerprint density at radius 2 is 2.09 bits per heavy atom. The number of carbonyl (C=O) groups excluding carboxylic acids is 1. The van der Waals surface area contributed by atoms with Gasteiger partial charge in [-0.15, -0.1) is 0 Å². The SMILES string of the molecule is O=C(O)C[C@H](NC(=O)c1ncnc2[nH]ccc12)c1ccccn1. The maximum Gasteiger partial charge on any atom is 0.305 e. The summed E-state index contributed by atoms with van der Waals surface area (Å²) in [5, 5.41) is 12.3. The molecule has 0 aliphatic rings. The molecule has 3 aromatic heterocycles. The number of nitrogens with one attached hydrogen (secondary N) is 2. The Morgan fingerprint density at radius 3 is 2.83 bits per heavy atom. The van der Waals surface area contributed by atoms with Crippen molar-refractivity contribution in [3.05, 3.63) is 54.4 Å². The third-order valence-electron chi connectivity index (χ3n) is 3.30. The van der Waals surface area contributed by atoms with E-state index < -0.39 is 17.9 Å². The highest BCUT2D eigenvalue weighted by atomic mass is 16.4. The van der Waals surface area contributed by atoms with E-state index in [1.54, 1.807) is 36.7 Å². The summed E-state index contributed by atoms with van der Waals surface area (Å²) in [6.07, 6.45) is 4.21. The second-order valence-corrected chi connectivity index (χ2v) is 4.84. The van der Waals surface area contributed by atoms with Crippen LogP contribution in [0.1, 0.15) is 28.6 Å². The van der Waals surface area contributed by atoms with Gasteiger partial charge in [-0.3, -0.25) is 14.6 Å². The van der Waals surface area contributed by atoms with E-state index in [1.165, 1.54) is 6.33 Å². The van der Waals surface area contributed by atoms with Gasteiger partial charge < -0.3 is 15.4 Å². The average molecular weight is 311 g/mol. The fourth-order valence-corrected chi connectivity index (χ4v) is 2.27. The second kappa shape index (κ2) is 6.22. The fourth-order valence-electron chi connectivity index (χ4n) is 2.27. The van der Waals surface area contributed by atoms with Crippen LogP contribution in [0.3, 0.4) is 0 Å². The molecule has 0 spiro atoms. The number of H-pyrrole nitrogens is 1. The van der Waals surface area contributed by atoms with Crippen LogP contribution in [0.2, 0.25) is 0 Å². The quantitative estimate of drug-likeness (QED) is 0.653. The number of amides is 1. The Bertz CT molecular complexity index is 846. The number of carbonyl (C=O) groups is 2. The second-order valence-electron chi connectivity index (χ2n) is 4.84. The highest BCUT2D eigenvalue weighted by Gasteiger charge is 2.22. The molecule has 1 amide bonds. The van der Waals surface area contributed by atoms with Gasteiger partial charge in [0, 0.05) is 12.4 Å². The van der Waals surface area contributed by atoms with Crippen LogP contribution >= 0.6 is 0 Å². The van der Waals surface area contributed by atoms with E-state index in [-0.39, 0.29) is 12.1 Å². The zero-order valence-corrected chi connectivity index (χ0v) is 11.9. The van der Waals surface area contributed by atoms with E-state index in [2.05, 4.69) is 25.3 Å². The lowest BCUT2D eigenvalue weighted by Gasteiger charge is -2.16. The van der Waals surface area contributed by atoms with Crippen LogP contribution in [-0.2, 0) is 4.79 Å². The third-order valence-corrected chi connectivity index (χ3v) is 3.30. The lowest BCUT2D eigenvalue weighted by molar-refractivity contribution is -0.137. The molecule has 3 heterocycles. The van der Waals surface area contributed by atoms with Crippen molar-refractivity contribution in [2.75, 3.05) is 0 Å². The van der Waals surface area contributed by atoms with Crippen molar-refractivity contribution in [2.45, 2.75) is 12.5 Å². The fraction of sp³-hybridized carbons (Fsp3) is 0.133. The molecule has 0 unspecified atom stereocenters. The minimum Gasteiger partial charge on any atom is -0.481 e. The normalized spacial score (nSPS) is 12.0. The van der Waals surface area contributed by atoms with Crippen molar-refractivity contribution in [1.29, 1.82) is 0 Å². The van der Waals surface area contributed by atoms with Gasteiger partial charge in [-0.1, -0.05) is 6.07 Å². The molecule has 1 atom stereocenters. The number of aromatic nitrogens is 4. The Morgan fingerprint density at radius 1 is 1.22 bits per heavy atom. The van der Waals surface area contributed by atoms with Crippen LogP contribution in [0.15, 0.2) is 43.0 Å². The summed E-state index contributed by atoms with van der Waals surface area (Å²) >= 11 is 0. The van der Waals surface area contributed by atoms with Gasteiger partial charge in [0.15, 0.2) is 0 Å². The predicted molar refractivity (Wildman–Crippen MR) is 80.6 cm³/mol. The van der Waals surface area contributed by atoms with Crippen molar-refractivity contribution in [1.82, 2.24) is 25.3 Å². The Kier molecular flexibility index (Phi) is 3.96. The van der Waals surface area contributed by atoms with Crippen LogP contribution in [0.4, 0.5) is 0 Å². The van der Waals surface area contributed by atoms with Gasteiger partial charge in [-0.2, -0.15) is 0 Å². The first-order valence-corrected chi connectivity index (χ1v) is 6.87. The molecule has 3 aromatic rings. The molecule has 0 fully saturated rings. The van der Waals surface area contributed by atoms with Crippen molar-refractivity contribution in [3.8, 4) is 0 Å². The van der Waals surface area contributed by atoms with Crippen molar-refractivity contribution >= 4 is 22.9 Å². The lowest BCUT2D eigenvalue weighted by Crippen LogP contribution is -2.31. The minimum absolute atomic E-state index is 0.183. The van der Waals surface area contributed by atoms with Crippen LogP contribution in [0.5, 0.6) is 0 Å². The number of aromatic amines is 1. The highest BCUT2D eigenvalue weighted by Crippen LogP contribution is 2.17. The first-order chi connectivity index (χ1) is 11.1. The summed E-state index contributed by atoms with van der Waals surface area (Å²) in [7, 11) is 0. The monoisotopic (exact) mass is 311 g/mol. The number of rotatable bonds is 5. The number of aliphatic carboxylic acids is 1. The summed E-state index contributed by atoms with van der Waals surface area (Å²) in [5.41, 5.74) is 1.20. The Balaban J connectivity index is 1.89. The first-order valence-electron chi connectivity index (χ1n) is 6.87. The van der Waals surface area contributed by atoms with E-state index >= 15 is 0 Å². The van der Waals surface area contributed by atoms with Crippen LogP contribution in [0.25, 0.3) is 11.0 Å². The molecule has 8 nitrogen and oxygen atoms in total. The molecule has 0 aliphatic carbocycles. The molecule has 0 saturated heterocycles. The maximum atomic E-state index is 12.5. The molecule has 8 heteroatoms. The van der Waals surface area contributed by atoms with Crippen LogP contribution in [-0.4, -0.2) is 36.9 Å². The lowest BCUT2D eigenvalue weighted by atomic mass is 10.1. The number of nitrogens with zero attached hydrogens (tertiary/aromatic N) is 3. The Hall–Kier alpha value is -3.29. The largest absolute Gasteiger partial charge is 0.481 e. The van der Waals surface area contributed by atoms with E-state index in [9.17, 15) is 9.59 Å². The molecular weight excluding hydrogens is 298 g/mol. The van der Waals surface area contributed by atoms with Gasteiger partial charge in [0.25, 0.3) is 5.91 Å². The summed E-state index contributed by atoms with van der Waals surface area (Å²) in [6.45, 7) is 0. The predicted octanol–water partition coefficient (Wildman–Crippen LogP) is 1.30. The van der Waals surface area contributed by atoms with E-state index in [0.29, 0.717) is 16.7 Å². The molecule has 0 aromatic carbocycles. The standard InChI is InChI=1S/C15H13N5O3/c21-12(22)7-11(10-3-1-2-5-16-10)20-15(23)13-9-4-6-17-14(9)19-8-18-13/h1-6,8,11H,7H2,(H,20,23)(H,21,22)(H,17,18,19)/t11-/m0/s1. The van der Waals surface area contributed by atoms with Crippen molar-refractivity contribution < 1.29 is 14.7 Å². The number of pyridine rings is 1. The maximum absolute atomic E-state index is 12.5. The summed E-state index contributed by atoms with van der Waals surface area (Å²) in [5.74, 6) is -1.51. The molecule has 0 aliphatic heterocycles. The summed E-state index contributed by atoms with van der Waals surface area (Å²) in [4.78, 5) is 38.6. The first kappa shape index (κ1) is 14.6. The van der Waals surface area contributed by atoms with Crippen LogP contribution < -0.4 is 5.32 Å². The molecule has 3 rings (SSSR count). The van der Waals surface area contributed by atoms with Gasteiger partial charge in [-0.05, 0) is 18.2 Å². The zero-order chi connectivity index (χ0) is 16.2. The van der Waals surface area contributed by atoms with Gasteiger partial charge in [0.05, 0.1) is 23.5 Å². The molecular formula is C15H13N5O3. The van der Waals surface area contributed by atoms with E-state index in [1.807, 2.05) is 0 Å². The molecule has 23 heavy (non-hydrogen) atoms. The Labute approximate surface area is 130 Å².